The maximum atomic E-state index is 13.1. The molecule has 0 saturated carbocycles. The molecular formula is C10H13FO2. The molecule has 2 nitrogen and oxygen atoms in total. The minimum atomic E-state index is -0.573. The molecule has 0 bridgehead atoms. The average Bonchev–Trinajstić information content (AvgIpc) is 2.08. The largest absolute Gasteiger partial charge is 0.389 e. The van der Waals surface area contributed by atoms with Gasteiger partial charge in [-0.05, 0) is 24.6 Å². The Kier molecular flexibility index (Phi) is 3.39. The highest BCUT2D eigenvalue weighted by atomic mass is 19.1. The summed E-state index contributed by atoms with van der Waals surface area (Å²) in [6, 6.07) is 4.53. The number of rotatable bonds is 3. The van der Waals surface area contributed by atoms with E-state index in [-0.39, 0.29) is 12.4 Å². The summed E-state index contributed by atoms with van der Waals surface area (Å²) in [7, 11) is 1.51. The predicted octanol–water partition coefficient (Wildman–Crippen LogP) is 2.03. The molecule has 0 aliphatic carbocycles. The Bertz CT molecular complexity index is 284. The van der Waals surface area contributed by atoms with Crippen LogP contribution in [0.5, 0.6) is 0 Å². The van der Waals surface area contributed by atoms with Gasteiger partial charge < -0.3 is 9.84 Å². The number of benzene rings is 1. The second-order valence-corrected chi connectivity index (χ2v) is 2.96. The summed E-state index contributed by atoms with van der Waals surface area (Å²) >= 11 is 0. The SMILES string of the molecule is COCc1cc(C(C)O)ccc1F. The van der Waals surface area contributed by atoms with Crippen LogP contribution in [-0.4, -0.2) is 12.2 Å². The third-order valence-electron chi connectivity index (χ3n) is 1.85. The van der Waals surface area contributed by atoms with Crippen molar-refractivity contribution < 1.29 is 14.2 Å². The molecular weight excluding hydrogens is 171 g/mol. The van der Waals surface area contributed by atoms with Gasteiger partial charge in [-0.2, -0.15) is 0 Å². The molecule has 13 heavy (non-hydrogen) atoms. The maximum Gasteiger partial charge on any atom is 0.128 e. The lowest BCUT2D eigenvalue weighted by atomic mass is 10.1. The highest BCUT2D eigenvalue weighted by Gasteiger charge is 2.06. The molecule has 72 valence electrons. The van der Waals surface area contributed by atoms with Gasteiger partial charge in [0.25, 0.3) is 0 Å². The number of halogens is 1. The molecule has 0 amide bonds. The Balaban J connectivity index is 2.97. The first-order valence-corrected chi connectivity index (χ1v) is 4.10. The predicted molar refractivity (Wildman–Crippen MR) is 47.7 cm³/mol. The van der Waals surface area contributed by atoms with E-state index >= 15 is 0 Å². The van der Waals surface area contributed by atoms with Crippen molar-refractivity contribution in [3.63, 3.8) is 0 Å². The van der Waals surface area contributed by atoms with Crippen molar-refractivity contribution in [1.82, 2.24) is 0 Å². The van der Waals surface area contributed by atoms with Crippen LogP contribution in [0.3, 0.4) is 0 Å². The lowest BCUT2D eigenvalue weighted by molar-refractivity contribution is 0.179. The van der Waals surface area contributed by atoms with Crippen LogP contribution in [0.15, 0.2) is 18.2 Å². The van der Waals surface area contributed by atoms with Crippen LogP contribution >= 0.6 is 0 Å². The Hall–Kier alpha value is -0.930. The molecule has 1 rings (SSSR count). The van der Waals surface area contributed by atoms with Crippen molar-refractivity contribution in [2.75, 3.05) is 7.11 Å². The monoisotopic (exact) mass is 184 g/mol. The van der Waals surface area contributed by atoms with Gasteiger partial charge in [0.1, 0.15) is 5.82 Å². The highest BCUT2D eigenvalue weighted by molar-refractivity contribution is 5.25. The van der Waals surface area contributed by atoms with Gasteiger partial charge in [-0.15, -0.1) is 0 Å². The van der Waals surface area contributed by atoms with E-state index in [0.717, 1.165) is 0 Å². The molecule has 0 aromatic heterocycles. The van der Waals surface area contributed by atoms with Gasteiger partial charge >= 0.3 is 0 Å². The Morgan fingerprint density at radius 1 is 1.54 bits per heavy atom. The molecule has 0 fully saturated rings. The number of aliphatic hydroxyl groups is 1. The second-order valence-electron chi connectivity index (χ2n) is 2.96. The van der Waals surface area contributed by atoms with E-state index in [1.54, 1.807) is 19.1 Å². The van der Waals surface area contributed by atoms with E-state index in [4.69, 9.17) is 4.74 Å². The smallest absolute Gasteiger partial charge is 0.128 e. The van der Waals surface area contributed by atoms with Gasteiger partial charge in [0.05, 0.1) is 12.7 Å². The summed E-state index contributed by atoms with van der Waals surface area (Å²) in [5, 5.41) is 9.24. The number of hydrogen-bond donors (Lipinski definition) is 1. The lowest BCUT2D eigenvalue weighted by Gasteiger charge is -2.07. The van der Waals surface area contributed by atoms with E-state index < -0.39 is 6.10 Å². The Labute approximate surface area is 77.0 Å². The van der Waals surface area contributed by atoms with Crippen LogP contribution in [0, 0.1) is 5.82 Å². The minimum absolute atomic E-state index is 0.229. The first-order chi connectivity index (χ1) is 6.15. The summed E-state index contributed by atoms with van der Waals surface area (Å²) in [5.41, 5.74) is 1.18. The topological polar surface area (TPSA) is 29.5 Å². The van der Waals surface area contributed by atoms with Crippen LogP contribution in [0.25, 0.3) is 0 Å². The number of ether oxygens (including phenoxy) is 1. The van der Waals surface area contributed by atoms with Crippen LogP contribution in [0.4, 0.5) is 4.39 Å². The third kappa shape index (κ3) is 2.50. The Morgan fingerprint density at radius 2 is 2.23 bits per heavy atom. The van der Waals surface area contributed by atoms with Gasteiger partial charge in [0.15, 0.2) is 0 Å². The molecule has 0 aliphatic heterocycles. The fourth-order valence-electron chi connectivity index (χ4n) is 1.12. The quantitative estimate of drug-likeness (QED) is 0.778. The fourth-order valence-corrected chi connectivity index (χ4v) is 1.12. The molecule has 1 aromatic rings. The molecule has 0 aliphatic rings. The third-order valence-corrected chi connectivity index (χ3v) is 1.85. The van der Waals surface area contributed by atoms with Crippen LogP contribution in [0.1, 0.15) is 24.2 Å². The van der Waals surface area contributed by atoms with Crippen LogP contribution in [-0.2, 0) is 11.3 Å². The van der Waals surface area contributed by atoms with E-state index in [0.29, 0.717) is 11.1 Å². The molecule has 1 unspecified atom stereocenters. The summed E-state index contributed by atoms with van der Waals surface area (Å²) in [5.74, 6) is -0.300. The zero-order valence-corrected chi connectivity index (χ0v) is 7.75. The molecule has 0 heterocycles. The van der Waals surface area contributed by atoms with Crippen LogP contribution < -0.4 is 0 Å². The van der Waals surface area contributed by atoms with Gasteiger partial charge in [0.2, 0.25) is 0 Å². The summed E-state index contributed by atoms with van der Waals surface area (Å²) in [4.78, 5) is 0. The fraction of sp³-hybridized carbons (Fsp3) is 0.400. The summed E-state index contributed by atoms with van der Waals surface area (Å²) in [6.07, 6.45) is -0.573. The lowest BCUT2D eigenvalue weighted by Crippen LogP contribution is -1.97. The van der Waals surface area contributed by atoms with E-state index in [1.165, 1.54) is 13.2 Å². The van der Waals surface area contributed by atoms with Crippen molar-refractivity contribution in [3.8, 4) is 0 Å². The number of methoxy groups -OCH3 is 1. The molecule has 3 heteroatoms. The summed E-state index contributed by atoms with van der Waals surface area (Å²) in [6.45, 7) is 1.87. The van der Waals surface area contributed by atoms with E-state index in [9.17, 15) is 9.50 Å². The highest BCUT2D eigenvalue weighted by Crippen LogP contribution is 2.17. The van der Waals surface area contributed by atoms with Crippen molar-refractivity contribution in [3.05, 3.63) is 35.1 Å². The second kappa shape index (κ2) is 4.35. The van der Waals surface area contributed by atoms with Gasteiger partial charge in [-0.25, -0.2) is 4.39 Å². The van der Waals surface area contributed by atoms with Gasteiger partial charge in [-0.3, -0.25) is 0 Å². The first-order valence-electron chi connectivity index (χ1n) is 4.10. The molecule has 0 spiro atoms. The van der Waals surface area contributed by atoms with E-state index in [1.807, 2.05) is 0 Å². The van der Waals surface area contributed by atoms with Crippen LogP contribution in [0.2, 0.25) is 0 Å². The molecule has 1 N–H and O–H groups in total. The molecule has 0 radical (unpaired) electrons. The normalized spacial score (nSPS) is 12.9. The minimum Gasteiger partial charge on any atom is -0.389 e. The maximum absolute atomic E-state index is 13.1. The van der Waals surface area contributed by atoms with Crippen molar-refractivity contribution >= 4 is 0 Å². The molecule has 1 atom stereocenters. The summed E-state index contributed by atoms with van der Waals surface area (Å²) < 4.78 is 17.9. The van der Waals surface area contributed by atoms with Crippen molar-refractivity contribution in [2.45, 2.75) is 19.6 Å². The zero-order chi connectivity index (χ0) is 9.84. The average molecular weight is 184 g/mol. The standard InChI is InChI=1S/C10H13FO2/c1-7(12)8-3-4-10(11)9(5-8)6-13-2/h3-5,7,12H,6H2,1-2H3. The molecule has 1 aromatic carbocycles. The molecule has 0 saturated heterocycles. The zero-order valence-electron chi connectivity index (χ0n) is 7.75. The van der Waals surface area contributed by atoms with Crippen molar-refractivity contribution in [2.24, 2.45) is 0 Å². The Morgan fingerprint density at radius 3 is 2.77 bits per heavy atom. The van der Waals surface area contributed by atoms with E-state index in [2.05, 4.69) is 0 Å². The van der Waals surface area contributed by atoms with Crippen molar-refractivity contribution in [1.29, 1.82) is 0 Å². The van der Waals surface area contributed by atoms with Gasteiger partial charge in [0, 0.05) is 12.7 Å². The number of aliphatic hydroxyl groups excluding tert-OH is 1. The number of hydrogen-bond acceptors (Lipinski definition) is 2. The van der Waals surface area contributed by atoms with Gasteiger partial charge in [-0.1, -0.05) is 6.07 Å². The first kappa shape index (κ1) is 10.2.